The molecular formula is C28H32N6O6S4. The largest absolute Gasteiger partial charge is 0.392 e. The van der Waals surface area contributed by atoms with Gasteiger partial charge in [-0.05, 0) is 57.7 Å². The maximum Gasteiger partial charge on any atom is 0.263 e. The summed E-state index contributed by atoms with van der Waals surface area (Å²) in [5.74, 6) is -1.00. The molecule has 44 heavy (non-hydrogen) atoms. The van der Waals surface area contributed by atoms with Crippen molar-refractivity contribution in [2.75, 3.05) is 41.4 Å². The fourth-order valence-corrected chi connectivity index (χ4v) is 13.2. The minimum atomic E-state index is -1.28. The predicted molar refractivity (Wildman–Crippen MR) is 170 cm³/mol. The van der Waals surface area contributed by atoms with Gasteiger partial charge in [-0.1, -0.05) is 33.7 Å². The van der Waals surface area contributed by atoms with Crippen LogP contribution in [-0.2, 0) is 44.9 Å². The number of carbonyl (C=O) groups is 4. The van der Waals surface area contributed by atoms with Crippen molar-refractivity contribution < 1.29 is 29.4 Å². The highest BCUT2D eigenvalue weighted by Crippen LogP contribution is 2.60. The van der Waals surface area contributed by atoms with Crippen molar-refractivity contribution >= 4 is 66.8 Å². The molecule has 6 saturated heterocycles. The quantitative estimate of drug-likeness (QED) is 0.362. The van der Waals surface area contributed by atoms with Crippen LogP contribution in [0.4, 0.5) is 0 Å². The van der Waals surface area contributed by atoms with Crippen LogP contribution in [0.1, 0.15) is 22.5 Å². The molecule has 16 heteroatoms. The smallest absolute Gasteiger partial charge is 0.263 e. The number of aliphatic hydroxyl groups is 2. The molecule has 234 valence electrons. The van der Waals surface area contributed by atoms with Gasteiger partial charge in [0.15, 0.2) is 9.74 Å². The Bertz CT molecular complexity index is 1420. The Morgan fingerprint density at radius 2 is 0.886 bits per heavy atom. The summed E-state index contributed by atoms with van der Waals surface area (Å²) in [6.07, 6.45) is 5.35. The van der Waals surface area contributed by atoms with Crippen molar-refractivity contribution in [3.05, 3.63) is 59.2 Å². The maximum atomic E-state index is 13.3. The maximum absolute atomic E-state index is 13.3. The summed E-state index contributed by atoms with van der Waals surface area (Å²) >= 11 is 0. The van der Waals surface area contributed by atoms with Gasteiger partial charge in [-0.15, -0.1) is 0 Å². The van der Waals surface area contributed by atoms with Crippen molar-refractivity contribution in [2.45, 2.75) is 45.2 Å². The Morgan fingerprint density at radius 3 is 1.20 bits per heavy atom. The van der Waals surface area contributed by atoms with E-state index in [1.807, 2.05) is 24.3 Å². The van der Waals surface area contributed by atoms with Crippen molar-refractivity contribution in [1.29, 1.82) is 0 Å². The third kappa shape index (κ3) is 4.31. The van der Waals surface area contributed by atoms with Crippen LogP contribution in [0.5, 0.6) is 0 Å². The van der Waals surface area contributed by atoms with Gasteiger partial charge in [0.25, 0.3) is 23.6 Å². The van der Waals surface area contributed by atoms with Gasteiger partial charge in [-0.3, -0.25) is 29.1 Å². The number of aliphatic hydroxyl groups excluding tert-OH is 2. The lowest BCUT2D eigenvalue weighted by molar-refractivity contribution is -0.165. The van der Waals surface area contributed by atoms with Gasteiger partial charge in [0.2, 0.25) is 9.74 Å². The molecule has 8 heterocycles. The number of carbonyl (C=O) groups excluding carboxylic acids is 4. The van der Waals surface area contributed by atoms with Crippen LogP contribution in [0, 0.1) is 0 Å². The number of hydrogen-bond donors (Lipinski definition) is 2. The number of likely N-dealkylation sites (N-methyl/N-ethyl adjacent to an activating group) is 4. The molecule has 8 rings (SSSR count). The van der Waals surface area contributed by atoms with Gasteiger partial charge < -0.3 is 29.8 Å². The first-order chi connectivity index (χ1) is 20.9. The van der Waals surface area contributed by atoms with Crippen LogP contribution >= 0.6 is 43.2 Å². The summed E-state index contributed by atoms with van der Waals surface area (Å²) in [5.41, 5.74) is 3.36. The zero-order chi connectivity index (χ0) is 31.7. The monoisotopic (exact) mass is 676 g/mol. The number of rotatable bonds is 9. The van der Waals surface area contributed by atoms with Gasteiger partial charge in [0, 0.05) is 64.8 Å². The molecule has 6 fully saturated rings. The second-order valence-corrected chi connectivity index (χ2v) is 16.8. The van der Waals surface area contributed by atoms with E-state index in [0.717, 1.165) is 22.5 Å². The third-order valence-corrected chi connectivity index (χ3v) is 16.5. The number of piperazine rings is 2. The molecule has 2 aromatic rings. The molecule has 4 atom stereocenters. The number of hydrogen-bond acceptors (Lipinski definition) is 12. The Kier molecular flexibility index (Phi) is 7.93. The highest BCUT2D eigenvalue weighted by molar-refractivity contribution is 8.78. The molecule has 0 aliphatic carbocycles. The molecule has 4 bridgehead atoms. The summed E-state index contributed by atoms with van der Waals surface area (Å²) in [6, 6.07) is 7.68. The lowest BCUT2D eigenvalue weighted by Gasteiger charge is -2.58. The van der Waals surface area contributed by atoms with E-state index in [9.17, 15) is 29.4 Å². The number of aromatic nitrogens is 2. The van der Waals surface area contributed by atoms with Crippen LogP contribution in [-0.4, -0.2) is 124 Å². The van der Waals surface area contributed by atoms with E-state index >= 15 is 0 Å². The van der Waals surface area contributed by atoms with Gasteiger partial charge >= 0.3 is 0 Å². The van der Waals surface area contributed by atoms with E-state index < -0.39 is 32.7 Å². The van der Waals surface area contributed by atoms with Gasteiger partial charge in [0.05, 0.1) is 13.2 Å². The Labute approximate surface area is 270 Å². The van der Waals surface area contributed by atoms with E-state index in [-0.39, 0.29) is 23.6 Å². The fraction of sp³-hybridized carbons (Fsp3) is 0.500. The molecule has 2 N–H and O–H groups in total. The van der Waals surface area contributed by atoms with Crippen LogP contribution in [0.2, 0.25) is 0 Å². The first-order valence-electron chi connectivity index (χ1n) is 13.9. The van der Waals surface area contributed by atoms with Crippen molar-refractivity contribution in [1.82, 2.24) is 29.6 Å². The van der Waals surface area contributed by atoms with Crippen LogP contribution < -0.4 is 0 Å². The number of fused-ring (bicyclic) bond motifs is 6. The second kappa shape index (κ2) is 11.1. The van der Waals surface area contributed by atoms with E-state index in [0.29, 0.717) is 25.7 Å². The third-order valence-electron chi connectivity index (χ3n) is 9.08. The van der Waals surface area contributed by atoms with E-state index in [2.05, 4.69) is 9.97 Å². The van der Waals surface area contributed by atoms with Gasteiger partial charge in [-0.25, -0.2) is 0 Å². The van der Waals surface area contributed by atoms with Gasteiger partial charge in [0.1, 0.15) is 0 Å². The van der Waals surface area contributed by atoms with Crippen LogP contribution in [0.25, 0.3) is 0 Å². The highest BCUT2D eigenvalue weighted by Gasteiger charge is 2.68. The van der Waals surface area contributed by atoms with Crippen molar-refractivity contribution in [2.24, 2.45) is 0 Å². The molecule has 4 unspecified atom stereocenters. The lowest BCUT2D eigenvalue weighted by atomic mass is 9.98. The standard InChI is InChI=1S/C28H32N6O6S4/c1-31-23(39)27(15-35)33(3)21(37)25(31,41-43-27)11-17-5-7-19(29-13-17)9-10-20-8-6-18(14-30-20)12-26-22(38)34(4)28(16-36,44-42-26)24(40)32(26)2/h5-8,13-14,35-36H,9-12,15-16H2,1-4H3. The average Bonchev–Trinajstić information content (AvgIpc) is 3.04. The topological polar surface area (TPSA) is 147 Å². The molecule has 2 aromatic heterocycles. The zero-order valence-electron chi connectivity index (χ0n) is 24.6. The first kappa shape index (κ1) is 31.5. The normalized spacial score (nSPS) is 31.5. The van der Waals surface area contributed by atoms with E-state index in [1.54, 1.807) is 40.6 Å². The summed E-state index contributed by atoms with van der Waals surface area (Å²) in [6.45, 7) is -0.888. The summed E-state index contributed by atoms with van der Waals surface area (Å²) in [5, 5.41) is 19.8. The Hall–Kier alpha value is -2.50. The van der Waals surface area contributed by atoms with Gasteiger partial charge in [-0.2, -0.15) is 0 Å². The molecule has 0 saturated carbocycles. The fourth-order valence-electron chi connectivity index (χ4n) is 5.99. The molecule has 0 spiro atoms. The predicted octanol–water partition coefficient (Wildman–Crippen LogP) is 0.767. The van der Waals surface area contributed by atoms with Crippen LogP contribution in [0.3, 0.4) is 0 Å². The molecule has 0 radical (unpaired) electrons. The Morgan fingerprint density at radius 1 is 0.568 bits per heavy atom. The SMILES string of the molecule is CN1C(=O)C2(Cc3ccc(CCc4ccc(CC56SSC(CO)(C(=O)N5C)N(C)C6=O)cn4)nc3)SSC1(CO)C(=O)N2C. The number of pyridine rings is 2. The highest BCUT2D eigenvalue weighted by atomic mass is 33.1. The van der Waals surface area contributed by atoms with Crippen molar-refractivity contribution in [3.63, 3.8) is 0 Å². The molecule has 6 aliphatic heterocycles. The van der Waals surface area contributed by atoms with E-state index in [1.165, 1.54) is 62.8 Å². The molecule has 12 nitrogen and oxygen atoms in total. The summed E-state index contributed by atoms with van der Waals surface area (Å²) < 4.78 is 0. The van der Waals surface area contributed by atoms with Crippen molar-refractivity contribution in [3.8, 4) is 0 Å². The number of amides is 4. The minimum absolute atomic E-state index is 0.215. The molecule has 0 aromatic carbocycles. The molecule has 4 amide bonds. The second-order valence-electron chi connectivity index (χ2n) is 11.4. The first-order valence-corrected chi connectivity index (χ1v) is 18.2. The van der Waals surface area contributed by atoms with Crippen LogP contribution in [0.15, 0.2) is 36.7 Å². The zero-order valence-corrected chi connectivity index (χ0v) is 27.8. The average molecular weight is 677 g/mol. The Balaban J connectivity index is 1.09. The summed E-state index contributed by atoms with van der Waals surface area (Å²) in [4.78, 5) is 62.9. The molecule has 6 aliphatic rings. The molecular weight excluding hydrogens is 645 g/mol. The minimum Gasteiger partial charge on any atom is -0.392 e. The summed E-state index contributed by atoms with van der Waals surface area (Å²) in [7, 11) is 11.4. The number of nitrogens with zero attached hydrogens (tertiary/aromatic N) is 6. The number of aryl methyl sites for hydroxylation is 2. The lowest BCUT2D eigenvalue weighted by Crippen LogP contribution is -2.77. The van der Waals surface area contributed by atoms with E-state index in [4.69, 9.17) is 0 Å².